The summed E-state index contributed by atoms with van der Waals surface area (Å²) in [4.78, 5) is 0. The van der Waals surface area contributed by atoms with Crippen molar-refractivity contribution in [1.29, 1.82) is 0 Å². The lowest BCUT2D eigenvalue weighted by atomic mass is 9.76. The highest BCUT2D eigenvalue weighted by Crippen LogP contribution is 2.33. The van der Waals surface area contributed by atoms with E-state index in [1.54, 1.807) is 0 Å². The zero-order valence-electron chi connectivity index (χ0n) is 8.16. The Labute approximate surface area is 75.5 Å². The van der Waals surface area contributed by atoms with Crippen LogP contribution in [0.1, 0.15) is 39.5 Å². The molecule has 70 valence electrons. The van der Waals surface area contributed by atoms with Crippen LogP contribution in [0, 0.1) is 11.8 Å². The second-order valence-corrected chi connectivity index (χ2v) is 3.82. The molecular weight excluding hydrogens is 148 g/mol. The molecule has 1 aliphatic carbocycles. The van der Waals surface area contributed by atoms with E-state index in [0.717, 1.165) is 18.8 Å². The molecule has 0 bridgehead atoms. The van der Waals surface area contributed by atoms with Crippen molar-refractivity contribution in [3.05, 3.63) is 12.2 Å². The lowest BCUT2D eigenvalue weighted by molar-refractivity contribution is 0.0834. The van der Waals surface area contributed by atoms with E-state index in [1.807, 2.05) is 0 Å². The molecule has 0 heterocycles. The zero-order chi connectivity index (χ0) is 8.97. The first-order valence-electron chi connectivity index (χ1n) is 5.08. The quantitative estimate of drug-likeness (QED) is 0.629. The molecule has 1 heteroatoms. The maximum absolute atomic E-state index is 9.49. The van der Waals surface area contributed by atoms with Crippen LogP contribution in [0.25, 0.3) is 0 Å². The second kappa shape index (κ2) is 4.66. The van der Waals surface area contributed by atoms with Crippen molar-refractivity contribution in [2.75, 3.05) is 0 Å². The molecule has 3 unspecified atom stereocenters. The van der Waals surface area contributed by atoms with E-state index in [2.05, 4.69) is 26.0 Å². The summed E-state index contributed by atoms with van der Waals surface area (Å²) < 4.78 is 0. The van der Waals surface area contributed by atoms with Crippen LogP contribution in [0.2, 0.25) is 0 Å². The topological polar surface area (TPSA) is 20.2 Å². The van der Waals surface area contributed by atoms with Crippen LogP contribution in [0.15, 0.2) is 12.2 Å². The van der Waals surface area contributed by atoms with Gasteiger partial charge in [-0.15, -0.1) is 0 Å². The van der Waals surface area contributed by atoms with Gasteiger partial charge in [0.15, 0.2) is 0 Å². The van der Waals surface area contributed by atoms with E-state index in [0.29, 0.717) is 5.92 Å². The monoisotopic (exact) mass is 168 g/mol. The number of rotatable bonds is 2. The first-order chi connectivity index (χ1) is 5.77. The Morgan fingerprint density at radius 1 is 1.42 bits per heavy atom. The molecule has 0 amide bonds. The van der Waals surface area contributed by atoms with Crippen molar-refractivity contribution in [1.82, 2.24) is 0 Å². The fraction of sp³-hybridized carbons (Fsp3) is 0.818. The van der Waals surface area contributed by atoms with Crippen LogP contribution in [0.5, 0.6) is 0 Å². The van der Waals surface area contributed by atoms with Gasteiger partial charge in [-0.3, -0.25) is 0 Å². The predicted octanol–water partition coefficient (Wildman–Crippen LogP) is 2.75. The molecule has 0 aromatic heterocycles. The van der Waals surface area contributed by atoms with Gasteiger partial charge in [0, 0.05) is 0 Å². The van der Waals surface area contributed by atoms with Crippen molar-refractivity contribution >= 4 is 0 Å². The van der Waals surface area contributed by atoms with Gasteiger partial charge >= 0.3 is 0 Å². The smallest absolute Gasteiger partial charge is 0.0546 e. The molecule has 1 aliphatic rings. The average Bonchev–Trinajstić information content (AvgIpc) is 2.05. The molecule has 1 nitrogen and oxygen atoms in total. The summed E-state index contributed by atoms with van der Waals surface area (Å²) in [6.45, 7) is 4.31. The van der Waals surface area contributed by atoms with Crippen LogP contribution in [-0.2, 0) is 0 Å². The fourth-order valence-electron chi connectivity index (χ4n) is 2.23. The summed E-state index contributed by atoms with van der Waals surface area (Å²) in [5.74, 6) is 1.44. The van der Waals surface area contributed by atoms with Crippen LogP contribution in [0.4, 0.5) is 0 Å². The third-order valence-electron chi connectivity index (χ3n) is 2.98. The highest BCUT2D eigenvalue weighted by atomic mass is 16.3. The van der Waals surface area contributed by atoms with Crippen molar-refractivity contribution in [3.8, 4) is 0 Å². The molecule has 1 rings (SSSR count). The van der Waals surface area contributed by atoms with E-state index in [1.165, 1.54) is 12.8 Å². The minimum atomic E-state index is -0.0472. The summed E-state index contributed by atoms with van der Waals surface area (Å²) in [5, 5.41) is 9.49. The van der Waals surface area contributed by atoms with E-state index in [4.69, 9.17) is 0 Å². The summed E-state index contributed by atoms with van der Waals surface area (Å²) in [6, 6.07) is 0. The molecule has 3 atom stereocenters. The number of aliphatic hydroxyl groups is 1. The van der Waals surface area contributed by atoms with Crippen LogP contribution in [-0.4, -0.2) is 11.2 Å². The third-order valence-corrected chi connectivity index (χ3v) is 2.98. The number of aliphatic hydroxyl groups excluding tert-OH is 1. The molecule has 0 aromatic rings. The number of hydrogen-bond acceptors (Lipinski definition) is 1. The standard InChI is InChI=1S/C11H20O/c1-3-5-10-8-11(12)7-6-9(10)4-2/h3,5,9-12H,4,6-8H2,1-2H3/b5-3-. The predicted molar refractivity (Wildman–Crippen MR) is 51.9 cm³/mol. The van der Waals surface area contributed by atoms with E-state index in [-0.39, 0.29) is 6.10 Å². The molecular formula is C11H20O. The van der Waals surface area contributed by atoms with Gasteiger partial charge < -0.3 is 5.11 Å². The Bertz CT molecular complexity index is 151. The summed E-state index contributed by atoms with van der Waals surface area (Å²) in [7, 11) is 0. The Hall–Kier alpha value is -0.300. The molecule has 1 N–H and O–H groups in total. The van der Waals surface area contributed by atoms with Gasteiger partial charge in [-0.05, 0) is 38.0 Å². The molecule has 0 saturated heterocycles. The first-order valence-corrected chi connectivity index (χ1v) is 5.08. The molecule has 1 saturated carbocycles. The lowest BCUT2D eigenvalue weighted by Crippen LogP contribution is -2.26. The van der Waals surface area contributed by atoms with Crippen LogP contribution < -0.4 is 0 Å². The average molecular weight is 168 g/mol. The lowest BCUT2D eigenvalue weighted by Gasteiger charge is -2.31. The van der Waals surface area contributed by atoms with Gasteiger partial charge in [0.05, 0.1) is 6.10 Å². The van der Waals surface area contributed by atoms with Crippen LogP contribution in [0.3, 0.4) is 0 Å². The summed E-state index contributed by atoms with van der Waals surface area (Å²) in [5.41, 5.74) is 0. The minimum Gasteiger partial charge on any atom is -0.393 e. The SMILES string of the molecule is C/C=C\C1CC(O)CCC1CC. The number of hydrogen-bond donors (Lipinski definition) is 1. The van der Waals surface area contributed by atoms with Crippen molar-refractivity contribution < 1.29 is 5.11 Å². The van der Waals surface area contributed by atoms with Gasteiger partial charge in [0.25, 0.3) is 0 Å². The second-order valence-electron chi connectivity index (χ2n) is 3.82. The van der Waals surface area contributed by atoms with Gasteiger partial charge in [-0.1, -0.05) is 25.5 Å². The highest BCUT2D eigenvalue weighted by Gasteiger charge is 2.25. The van der Waals surface area contributed by atoms with Gasteiger partial charge in [-0.2, -0.15) is 0 Å². The molecule has 0 aliphatic heterocycles. The fourth-order valence-corrected chi connectivity index (χ4v) is 2.23. The van der Waals surface area contributed by atoms with E-state index >= 15 is 0 Å². The van der Waals surface area contributed by atoms with Crippen molar-refractivity contribution in [2.24, 2.45) is 11.8 Å². The Balaban J connectivity index is 2.51. The highest BCUT2D eigenvalue weighted by molar-refractivity contribution is 4.93. The molecule has 0 spiro atoms. The van der Waals surface area contributed by atoms with Gasteiger partial charge in [0.2, 0.25) is 0 Å². The van der Waals surface area contributed by atoms with Crippen LogP contribution >= 0.6 is 0 Å². The first kappa shape index (κ1) is 9.79. The van der Waals surface area contributed by atoms with Gasteiger partial charge in [-0.25, -0.2) is 0 Å². The minimum absolute atomic E-state index is 0.0472. The molecule has 1 fully saturated rings. The molecule has 12 heavy (non-hydrogen) atoms. The third kappa shape index (κ3) is 2.34. The maximum atomic E-state index is 9.49. The van der Waals surface area contributed by atoms with Gasteiger partial charge in [0.1, 0.15) is 0 Å². The molecule has 0 aromatic carbocycles. The van der Waals surface area contributed by atoms with Crippen molar-refractivity contribution in [3.63, 3.8) is 0 Å². The zero-order valence-corrected chi connectivity index (χ0v) is 8.16. The largest absolute Gasteiger partial charge is 0.393 e. The van der Waals surface area contributed by atoms with E-state index < -0.39 is 0 Å². The Morgan fingerprint density at radius 2 is 2.17 bits per heavy atom. The summed E-state index contributed by atoms with van der Waals surface area (Å²) >= 11 is 0. The Morgan fingerprint density at radius 3 is 2.75 bits per heavy atom. The molecule has 0 radical (unpaired) electrons. The van der Waals surface area contributed by atoms with E-state index in [9.17, 15) is 5.11 Å². The van der Waals surface area contributed by atoms with Crippen molar-refractivity contribution in [2.45, 2.75) is 45.6 Å². The maximum Gasteiger partial charge on any atom is 0.0546 e. The Kier molecular flexibility index (Phi) is 3.80. The normalized spacial score (nSPS) is 37.4. The number of allylic oxidation sites excluding steroid dienone is 2. The summed E-state index contributed by atoms with van der Waals surface area (Å²) in [6.07, 6.45) is 8.76.